The fourth-order valence-electron chi connectivity index (χ4n) is 3.24. The van der Waals surface area contributed by atoms with Crippen molar-refractivity contribution >= 4 is 27.7 Å². The van der Waals surface area contributed by atoms with E-state index in [0.29, 0.717) is 18.7 Å². The van der Waals surface area contributed by atoms with Crippen molar-refractivity contribution in [2.75, 3.05) is 16.6 Å². The van der Waals surface area contributed by atoms with E-state index in [4.69, 9.17) is 0 Å². The highest BCUT2D eigenvalue weighted by Gasteiger charge is 2.28. The molecule has 2 aromatic rings. The van der Waals surface area contributed by atoms with Gasteiger partial charge in [0.2, 0.25) is 15.9 Å². The van der Waals surface area contributed by atoms with Crippen molar-refractivity contribution in [1.82, 2.24) is 5.32 Å². The van der Waals surface area contributed by atoms with Crippen LogP contribution in [0.25, 0.3) is 6.08 Å². The smallest absolute Gasteiger partial charge is 0.244 e. The van der Waals surface area contributed by atoms with Gasteiger partial charge in [-0.2, -0.15) is 0 Å². The number of benzene rings is 2. The van der Waals surface area contributed by atoms with Gasteiger partial charge in [-0.1, -0.05) is 42.5 Å². The molecule has 1 heterocycles. The number of nitrogens with zero attached hydrogens (tertiary/aromatic N) is 1. The first-order valence-corrected chi connectivity index (χ1v) is 11.2. The molecule has 1 saturated heterocycles. The average molecular weight is 399 g/mol. The third-order valence-electron chi connectivity index (χ3n) is 4.81. The highest BCUT2D eigenvalue weighted by Crippen LogP contribution is 2.24. The van der Waals surface area contributed by atoms with Crippen LogP contribution in [0.3, 0.4) is 0 Å². The maximum Gasteiger partial charge on any atom is 0.244 e. The number of amides is 1. The summed E-state index contributed by atoms with van der Waals surface area (Å²) in [4.78, 5) is 12.1. The van der Waals surface area contributed by atoms with Gasteiger partial charge in [-0.15, -0.1) is 0 Å². The van der Waals surface area contributed by atoms with Gasteiger partial charge in [0.15, 0.2) is 0 Å². The number of rotatable bonds is 7. The quantitative estimate of drug-likeness (QED) is 0.727. The summed E-state index contributed by atoms with van der Waals surface area (Å²) in [6, 6.07) is 17.5. The first-order valence-electron chi connectivity index (χ1n) is 9.57. The number of anilines is 1. The Hall–Kier alpha value is -2.60. The van der Waals surface area contributed by atoms with E-state index in [1.807, 2.05) is 37.3 Å². The average Bonchev–Trinajstić information content (AvgIpc) is 3.05. The molecule has 0 radical (unpaired) electrons. The predicted octanol–water partition coefficient (Wildman–Crippen LogP) is 3.38. The first kappa shape index (κ1) is 20.1. The van der Waals surface area contributed by atoms with E-state index in [-0.39, 0.29) is 17.7 Å². The van der Waals surface area contributed by atoms with E-state index < -0.39 is 10.0 Å². The molecule has 0 aromatic heterocycles. The number of aryl methyl sites for hydroxylation is 1. The molecule has 1 unspecified atom stereocenters. The summed E-state index contributed by atoms with van der Waals surface area (Å²) in [5, 5.41) is 2.97. The second kappa shape index (κ2) is 9.06. The lowest BCUT2D eigenvalue weighted by molar-refractivity contribution is -0.117. The van der Waals surface area contributed by atoms with Crippen molar-refractivity contribution < 1.29 is 13.2 Å². The van der Waals surface area contributed by atoms with E-state index >= 15 is 0 Å². The lowest BCUT2D eigenvalue weighted by atomic mass is 10.1. The summed E-state index contributed by atoms with van der Waals surface area (Å²) in [7, 11) is -3.17. The summed E-state index contributed by atoms with van der Waals surface area (Å²) < 4.78 is 25.4. The van der Waals surface area contributed by atoms with Crippen molar-refractivity contribution in [2.45, 2.75) is 32.2 Å². The van der Waals surface area contributed by atoms with E-state index in [9.17, 15) is 13.2 Å². The largest absolute Gasteiger partial charge is 0.350 e. The number of sulfonamides is 1. The second-order valence-electron chi connectivity index (χ2n) is 7.10. The maximum absolute atomic E-state index is 12.1. The fourth-order valence-corrected chi connectivity index (χ4v) is 4.81. The number of hydrogen-bond acceptors (Lipinski definition) is 3. The van der Waals surface area contributed by atoms with Crippen LogP contribution in [-0.2, 0) is 21.2 Å². The highest BCUT2D eigenvalue weighted by molar-refractivity contribution is 7.93. The van der Waals surface area contributed by atoms with Crippen molar-refractivity contribution in [3.63, 3.8) is 0 Å². The Balaban J connectivity index is 1.49. The molecule has 1 atom stereocenters. The Kier molecular flexibility index (Phi) is 6.52. The molecular formula is C22H26N2O3S. The van der Waals surface area contributed by atoms with E-state index in [1.54, 1.807) is 18.2 Å². The number of carbonyl (C=O) groups is 1. The molecule has 1 amide bonds. The summed E-state index contributed by atoms with van der Waals surface area (Å²) in [6.07, 6.45) is 5.71. The van der Waals surface area contributed by atoms with Crippen LogP contribution in [0.15, 0.2) is 60.7 Å². The fraction of sp³-hybridized carbons (Fsp3) is 0.318. The van der Waals surface area contributed by atoms with Crippen LogP contribution < -0.4 is 9.62 Å². The topological polar surface area (TPSA) is 66.5 Å². The standard InChI is InChI=1S/C22H26N2O3S/c1-18(8-9-19-6-3-2-4-7-19)23-22(25)15-12-20-10-13-21(14-11-20)24-16-5-17-28(24,26)27/h2-4,6-7,10-15,18H,5,8-9,16-17H2,1H3,(H,23,25)/b15-12+. The molecule has 1 aliphatic rings. The van der Waals surface area contributed by atoms with Crippen LogP contribution in [0.1, 0.15) is 30.9 Å². The molecule has 0 spiro atoms. The van der Waals surface area contributed by atoms with Gasteiger partial charge in [0.25, 0.3) is 0 Å². The van der Waals surface area contributed by atoms with Gasteiger partial charge in [-0.25, -0.2) is 8.42 Å². The SMILES string of the molecule is CC(CCc1ccccc1)NC(=O)/C=C/c1ccc(N2CCCS2(=O)=O)cc1. The zero-order valence-electron chi connectivity index (χ0n) is 16.0. The van der Waals surface area contributed by atoms with Crippen LogP contribution in [0.2, 0.25) is 0 Å². The lowest BCUT2D eigenvalue weighted by Crippen LogP contribution is -2.31. The highest BCUT2D eigenvalue weighted by atomic mass is 32.2. The van der Waals surface area contributed by atoms with Gasteiger partial charge in [0.1, 0.15) is 0 Å². The lowest BCUT2D eigenvalue weighted by Gasteiger charge is -2.16. The van der Waals surface area contributed by atoms with Gasteiger partial charge in [0.05, 0.1) is 11.4 Å². The van der Waals surface area contributed by atoms with Crippen LogP contribution in [0.5, 0.6) is 0 Å². The predicted molar refractivity (Wildman–Crippen MR) is 114 cm³/mol. The van der Waals surface area contributed by atoms with E-state index in [0.717, 1.165) is 18.4 Å². The minimum atomic E-state index is -3.17. The van der Waals surface area contributed by atoms with E-state index in [2.05, 4.69) is 17.4 Å². The van der Waals surface area contributed by atoms with E-state index in [1.165, 1.54) is 15.9 Å². The number of carbonyl (C=O) groups excluding carboxylic acids is 1. The zero-order chi connectivity index (χ0) is 20.0. The molecule has 1 aliphatic heterocycles. The first-order chi connectivity index (χ1) is 13.4. The van der Waals surface area contributed by atoms with Crippen LogP contribution in [-0.4, -0.2) is 32.7 Å². The molecule has 6 heteroatoms. The summed E-state index contributed by atoms with van der Waals surface area (Å²) >= 11 is 0. The molecule has 0 aliphatic carbocycles. The Morgan fingerprint density at radius 3 is 2.50 bits per heavy atom. The van der Waals surface area contributed by atoms with Gasteiger partial charge in [-0.3, -0.25) is 9.10 Å². The molecule has 0 saturated carbocycles. The Labute approximate surface area is 167 Å². The van der Waals surface area contributed by atoms with Crippen molar-refractivity contribution in [1.29, 1.82) is 0 Å². The summed E-state index contributed by atoms with van der Waals surface area (Å²) in [6.45, 7) is 2.53. The molecular weight excluding hydrogens is 372 g/mol. The minimum Gasteiger partial charge on any atom is -0.350 e. The number of nitrogens with one attached hydrogen (secondary N) is 1. The summed E-state index contributed by atoms with van der Waals surface area (Å²) in [5.74, 6) is 0.0730. The second-order valence-corrected chi connectivity index (χ2v) is 9.11. The van der Waals surface area contributed by atoms with Crippen molar-refractivity contribution in [3.8, 4) is 0 Å². The van der Waals surface area contributed by atoms with Crippen molar-refractivity contribution in [3.05, 3.63) is 71.8 Å². The Morgan fingerprint density at radius 2 is 1.86 bits per heavy atom. The van der Waals surface area contributed by atoms with Crippen LogP contribution >= 0.6 is 0 Å². The van der Waals surface area contributed by atoms with Gasteiger partial charge in [-0.05, 0) is 55.5 Å². The Morgan fingerprint density at radius 1 is 1.14 bits per heavy atom. The molecule has 1 N–H and O–H groups in total. The molecule has 1 fully saturated rings. The summed E-state index contributed by atoms with van der Waals surface area (Å²) in [5.41, 5.74) is 2.79. The normalized spacial score (nSPS) is 17.0. The van der Waals surface area contributed by atoms with Gasteiger partial charge < -0.3 is 5.32 Å². The molecule has 3 rings (SSSR count). The zero-order valence-corrected chi connectivity index (χ0v) is 16.9. The van der Waals surface area contributed by atoms with Crippen LogP contribution in [0.4, 0.5) is 5.69 Å². The Bertz CT molecular complexity index is 922. The van der Waals surface area contributed by atoms with Crippen molar-refractivity contribution in [2.24, 2.45) is 0 Å². The molecule has 0 bridgehead atoms. The number of hydrogen-bond donors (Lipinski definition) is 1. The third kappa shape index (κ3) is 5.45. The molecule has 5 nitrogen and oxygen atoms in total. The van der Waals surface area contributed by atoms with Gasteiger partial charge in [0, 0.05) is 18.7 Å². The monoisotopic (exact) mass is 398 g/mol. The molecule has 28 heavy (non-hydrogen) atoms. The van der Waals surface area contributed by atoms with Gasteiger partial charge >= 0.3 is 0 Å². The minimum absolute atomic E-state index is 0.0834. The molecule has 148 valence electrons. The maximum atomic E-state index is 12.1. The molecule has 2 aromatic carbocycles. The third-order valence-corrected chi connectivity index (χ3v) is 6.67. The van der Waals surface area contributed by atoms with Crippen LogP contribution in [0, 0.1) is 0 Å².